The van der Waals surface area contributed by atoms with E-state index in [0.717, 1.165) is 4.90 Å². The van der Waals surface area contributed by atoms with Gasteiger partial charge in [0, 0.05) is 23.1 Å². The second-order valence-corrected chi connectivity index (χ2v) is 5.47. The summed E-state index contributed by atoms with van der Waals surface area (Å²) in [5, 5.41) is 2.73. The van der Waals surface area contributed by atoms with E-state index in [2.05, 4.69) is 10.1 Å². The Morgan fingerprint density at radius 2 is 2.00 bits per heavy atom. The van der Waals surface area contributed by atoms with Crippen molar-refractivity contribution in [3.63, 3.8) is 0 Å². The van der Waals surface area contributed by atoms with Crippen molar-refractivity contribution in [2.75, 3.05) is 12.9 Å². The minimum Gasteiger partial charge on any atom is -0.469 e. The summed E-state index contributed by atoms with van der Waals surface area (Å²) in [6, 6.07) is 5.89. The van der Waals surface area contributed by atoms with Crippen LogP contribution in [0.25, 0.3) is 0 Å². The number of carbonyl (C=O) groups is 2. The smallest absolute Gasteiger partial charge is 0.307 e. The fraction of sp³-hybridized carbons (Fsp3) is 0.429. The van der Waals surface area contributed by atoms with Crippen LogP contribution in [0.2, 0.25) is 0 Å². The number of carbonyl (C=O) groups excluding carboxylic acids is 2. The molecule has 1 atom stereocenters. The van der Waals surface area contributed by atoms with Crippen LogP contribution in [0, 0.1) is 5.82 Å². The molecule has 0 heterocycles. The molecule has 0 saturated heterocycles. The van der Waals surface area contributed by atoms with Crippen LogP contribution < -0.4 is 5.32 Å². The monoisotopic (exact) mass is 299 g/mol. The zero-order valence-corrected chi connectivity index (χ0v) is 12.3. The molecular formula is C14H18FNO3S. The first-order valence-corrected chi connectivity index (χ1v) is 7.24. The quantitative estimate of drug-likeness (QED) is 0.620. The number of amides is 1. The van der Waals surface area contributed by atoms with E-state index in [0.29, 0.717) is 12.2 Å². The maximum Gasteiger partial charge on any atom is 0.307 e. The van der Waals surface area contributed by atoms with Gasteiger partial charge in [0.1, 0.15) is 5.82 Å². The molecule has 1 amide bonds. The first-order valence-electron chi connectivity index (χ1n) is 6.26. The molecule has 0 aliphatic carbocycles. The Hall–Kier alpha value is -1.56. The summed E-state index contributed by atoms with van der Waals surface area (Å²) in [6.07, 6.45) is 0.501. The number of esters is 1. The third kappa shape index (κ3) is 6.56. The molecule has 1 rings (SSSR count). The maximum absolute atomic E-state index is 12.7. The molecule has 0 bridgehead atoms. The molecule has 0 saturated carbocycles. The number of methoxy groups -OCH3 is 1. The molecule has 0 fully saturated rings. The number of nitrogens with one attached hydrogen (secondary N) is 1. The normalized spacial score (nSPS) is 11.8. The topological polar surface area (TPSA) is 55.4 Å². The molecule has 0 aromatic heterocycles. The summed E-state index contributed by atoms with van der Waals surface area (Å²) < 4.78 is 17.2. The lowest BCUT2D eigenvalue weighted by Crippen LogP contribution is -2.34. The summed E-state index contributed by atoms with van der Waals surface area (Å²) in [5.74, 6) is -0.138. The third-order valence-corrected chi connectivity index (χ3v) is 3.53. The van der Waals surface area contributed by atoms with Gasteiger partial charge in [-0.1, -0.05) is 0 Å². The van der Waals surface area contributed by atoms with E-state index in [1.54, 1.807) is 19.1 Å². The van der Waals surface area contributed by atoms with Gasteiger partial charge in [-0.05, 0) is 31.2 Å². The predicted molar refractivity (Wildman–Crippen MR) is 76.0 cm³/mol. The standard InChI is InChI=1S/C14H18FNO3S/c1-10(9-14(18)19-2)16-13(17)7-8-20-12-5-3-11(15)4-6-12/h3-6,10H,7-9H2,1-2H3,(H,16,17). The van der Waals surface area contributed by atoms with Crippen LogP contribution in [0.15, 0.2) is 29.2 Å². The highest BCUT2D eigenvalue weighted by Crippen LogP contribution is 2.18. The van der Waals surface area contributed by atoms with Crippen molar-refractivity contribution in [2.45, 2.75) is 30.7 Å². The van der Waals surface area contributed by atoms with Crippen LogP contribution in [0.3, 0.4) is 0 Å². The zero-order chi connectivity index (χ0) is 15.0. The van der Waals surface area contributed by atoms with Crippen LogP contribution >= 0.6 is 11.8 Å². The fourth-order valence-corrected chi connectivity index (χ4v) is 2.38. The van der Waals surface area contributed by atoms with Crippen LogP contribution in [0.4, 0.5) is 4.39 Å². The van der Waals surface area contributed by atoms with E-state index in [9.17, 15) is 14.0 Å². The largest absolute Gasteiger partial charge is 0.469 e. The summed E-state index contributed by atoms with van der Waals surface area (Å²) >= 11 is 1.48. The molecule has 0 radical (unpaired) electrons. The van der Waals surface area contributed by atoms with Gasteiger partial charge in [-0.15, -0.1) is 11.8 Å². The van der Waals surface area contributed by atoms with E-state index in [1.165, 1.54) is 31.0 Å². The van der Waals surface area contributed by atoms with E-state index < -0.39 is 0 Å². The first-order chi connectivity index (χ1) is 9.51. The number of halogens is 1. The lowest BCUT2D eigenvalue weighted by Gasteiger charge is -2.12. The number of hydrogen-bond acceptors (Lipinski definition) is 4. The summed E-state index contributed by atoms with van der Waals surface area (Å²) in [7, 11) is 1.32. The number of benzene rings is 1. The van der Waals surface area contributed by atoms with Gasteiger partial charge in [0.15, 0.2) is 0 Å². The van der Waals surface area contributed by atoms with E-state index in [1.807, 2.05) is 0 Å². The van der Waals surface area contributed by atoms with Crippen molar-refractivity contribution in [1.82, 2.24) is 5.32 Å². The second kappa shape index (κ2) is 8.58. The Bertz CT molecular complexity index is 450. The van der Waals surface area contributed by atoms with Crippen molar-refractivity contribution in [1.29, 1.82) is 0 Å². The van der Waals surface area contributed by atoms with E-state index in [4.69, 9.17) is 0 Å². The van der Waals surface area contributed by atoms with Crippen molar-refractivity contribution < 1.29 is 18.7 Å². The molecule has 1 aromatic rings. The zero-order valence-electron chi connectivity index (χ0n) is 11.5. The molecule has 6 heteroatoms. The predicted octanol–water partition coefficient (Wildman–Crippen LogP) is 2.38. The number of rotatable bonds is 7. The van der Waals surface area contributed by atoms with Gasteiger partial charge >= 0.3 is 5.97 Å². The van der Waals surface area contributed by atoms with Crippen LogP contribution in [-0.4, -0.2) is 30.8 Å². The van der Waals surface area contributed by atoms with Gasteiger partial charge < -0.3 is 10.1 Å². The highest BCUT2D eigenvalue weighted by Gasteiger charge is 2.11. The fourth-order valence-electron chi connectivity index (χ4n) is 1.52. The van der Waals surface area contributed by atoms with Gasteiger partial charge in [-0.3, -0.25) is 9.59 Å². The lowest BCUT2D eigenvalue weighted by atomic mass is 10.2. The van der Waals surface area contributed by atoms with Crippen molar-refractivity contribution in [3.05, 3.63) is 30.1 Å². The van der Waals surface area contributed by atoms with Crippen LogP contribution in [-0.2, 0) is 14.3 Å². The number of ether oxygens (including phenoxy) is 1. The highest BCUT2D eigenvalue weighted by atomic mass is 32.2. The van der Waals surface area contributed by atoms with Gasteiger partial charge in [-0.25, -0.2) is 4.39 Å². The van der Waals surface area contributed by atoms with E-state index >= 15 is 0 Å². The third-order valence-electron chi connectivity index (χ3n) is 2.52. The van der Waals surface area contributed by atoms with Gasteiger partial charge in [0.05, 0.1) is 13.5 Å². The van der Waals surface area contributed by atoms with Gasteiger partial charge in [-0.2, -0.15) is 0 Å². The maximum atomic E-state index is 12.7. The highest BCUT2D eigenvalue weighted by molar-refractivity contribution is 7.99. The average Bonchev–Trinajstić information content (AvgIpc) is 2.40. The summed E-state index contributed by atoms with van der Waals surface area (Å²) in [6.45, 7) is 1.75. The molecule has 110 valence electrons. The second-order valence-electron chi connectivity index (χ2n) is 4.30. The Balaban J connectivity index is 2.23. The Kier molecular flexibility index (Phi) is 7.08. The minimum atomic E-state index is -0.349. The average molecular weight is 299 g/mol. The molecule has 0 aliphatic rings. The molecule has 20 heavy (non-hydrogen) atoms. The molecule has 1 N–H and O–H groups in total. The lowest BCUT2D eigenvalue weighted by molar-refractivity contribution is -0.141. The SMILES string of the molecule is COC(=O)CC(C)NC(=O)CCSc1ccc(F)cc1. The number of hydrogen-bond donors (Lipinski definition) is 1. The first kappa shape index (κ1) is 16.5. The van der Waals surface area contributed by atoms with Crippen molar-refractivity contribution in [3.8, 4) is 0 Å². The van der Waals surface area contributed by atoms with Gasteiger partial charge in [0.25, 0.3) is 0 Å². The molecule has 1 unspecified atom stereocenters. The van der Waals surface area contributed by atoms with E-state index in [-0.39, 0.29) is 30.2 Å². The van der Waals surface area contributed by atoms with Crippen molar-refractivity contribution >= 4 is 23.6 Å². The summed E-state index contributed by atoms with van der Waals surface area (Å²) in [4.78, 5) is 23.6. The molecule has 4 nitrogen and oxygen atoms in total. The van der Waals surface area contributed by atoms with Crippen molar-refractivity contribution in [2.24, 2.45) is 0 Å². The minimum absolute atomic E-state index is 0.115. The van der Waals surface area contributed by atoms with Crippen LogP contribution in [0.1, 0.15) is 19.8 Å². The Morgan fingerprint density at radius 1 is 1.35 bits per heavy atom. The Morgan fingerprint density at radius 3 is 2.60 bits per heavy atom. The van der Waals surface area contributed by atoms with Gasteiger partial charge in [0.2, 0.25) is 5.91 Å². The molecule has 0 aliphatic heterocycles. The molecule has 0 spiro atoms. The molecular weight excluding hydrogens is 281 g/mol. The number of thioether (sulfide) groups is 1. The van der Waals surface area contributed by atoms with Crippen LogP contribution in [0.5, 0.6) is 0 Å². The Labute approximate surface area is 122 Å². The molecule has 1 aromatic carbocycles. The summed E-state index contributed by atoms with van der Waals surface area (Å²) in [5.41, 5.74) is 0.